The fourth-order valence-corrected chi connectivity index (χ4v) is 2.67. The summed E-state index contributed by atoms with van der Waals surface area (Å²) in [6.45, 7) is 0.161. The van der Waals surface area contributed by atoms with Crippen LogP contribution in [0.15, 0.2) is 10.8 Å². The number of carbonyl (C=O) groups is 1. The number of aromatic nitrogens is 2. The van der Waals surface area contributed by atoms with Crippen LogP contribution in [-0.4, -0.2) is 15.9 Å². The minimum Gasteiger partial charge on any atom is -0.344 e. The fraction of sp³-hybridized carbons (Fsp3) is 0.300. The predicted molar refractivity (Wildman–Crippen MR) is 75.5 cm³/mol. The van der Waals surface area contributed by atoms with Gasteiger partial charge in [-0.25, -0.2) is 9.97 Å². The Morgan fingerprint density at radius 1 is 1.24 bits per heavy atom. The molecular formula is C10H10ClF3N4OS2. The molecule has 2 heterocycles. The van der Waals surface area contributed by atoms with E-state index in [1.165, 1.54) is 11.3 Å². The van der Waals surface area contributed by atoms with Crippen LogP contribution in [0.3, 0.4) is 0 Å². The highest BCUT2D eigenvalue weighted by Crippen LogP contribution is 2.29. The molecule has 2 aromatic rings. The van der Waals surface area contributed by atoms with Gasteiger partial charge in [-0.2, -0.15) is 13.2 Å². The molecule has 0 atom stereocenters. The number of carbonyl (C=O) groups excluding carboxylic acids is 1. The second-order valence-electron chi connectivity index (χ2n) is 3.64. The Hall–Kier alpha value is -1.23. The van der Waals surface area contributed by atoms with Gasteiger partial charge in [0.05, 0.1) is 6.54 Å². The Kier molecular flexibility index (Phi) is 6.08. The maximum absolute atomic E-state index is 12.3. The van der Waals surface area contributed by atoms with Crippen molar-refractivity contribution in [3.8, 4) is 0 Å². The van der Waals surface area contributed by atoms with Gasteiger partial charge in [0.2, 0.25) is 0 Å². The third-order valence-corrected chi connectivity index (χ3v) is 3.92. The highest BCUT2D eigenvalue weighted by molar-refractivity contribution is 7.10. The minimum absolute atomic E-state index is 0. The van der Waals surface area contributed by atoms with Crippen molar-refractivity contribution < 1.29 is 18.0 Å². The van der Waals surface area contributed by atoms with E-state index < -0.39 is 17.8 Å². The van der Waals surface area contributed by atoms with Gasteiger partial charge in [-0.3, -0.25) is 4.79 Å². The van der Waals surface area contributed by atoms with Crippen LogP contribution in [-0.2, 0) is 19.3 Å². The normalized spacial score (nSPS) is 11.0. The molecule has 0 saturated carbocycles. The molecule has 0 aliphatic rings. The number of nitrogens with one attached hydrogen (secondary N) is 1. The summed E-state index contributed by atoms with van der Waals surface area (Å²) in [5.41, 5.74) is 4.62. The molecule has 11 heteroatoms. The standard InChI is InChI=1S/C10H9F3N4OS2.ClH/c11-10(12,13)6-4-20-8(17-6)2-15-9(18)5-3-19-7(1-14)16-5;/h3-4H,1-2,14H2,(H,15,18);1H. The molecule has 5 nitrogen and oxygen atoms in total. The van der Waals surface area contributed by atoms with E-state index in [0.717, 1.165) is 16.7 Å². The zero-order chi connectivity index (χ0) is 14.8. The summed E-state index contributed by atoms with van der Waals surface area (Å²) in [7, 11) is 0. The van der Waals surface area contributed by atoms with Crippen molar-refractivity contribution >= 4 is 41.0 Å². The molecule has 0 aliphatic heterocycles. The Balaban J connectivity index is 0.00000220. The van der Waals surface area contributed by atoms with E-state index in [-0.39, 0.29) is 36.2 Å². The third kappa shape index (κ3) is 4.63. The lowest BCUT2D eigenvalue weighted by Gasteiger charge is -2.01. The van der Waals surface area contributed by atoms with E-state index in [1.807, 2.05) is 0 Å². The van der Waals surface area contributed by atoms with E-state index >= 15 is 0 Å². The van der Waals surface area contributed by atoms with Crippen LogP contribution >= 0.6 is 35.1 Å². The lowest BCUT2D eigenvalue weighted by Crippen LogP contribution is -2.23. The minimum atomic E-state index is -4.47. The van der Waals surface area contributed by atoms with Crippen molar-refractivity contribution in [1.29, 1.82) is 0 Å². The number of hydrogen-bond donors (Lipinski definition) is 2. The Labute approximate surface area is 131 Å². The molecule has 0 aliphatic carbocycles. The topological polar surface area (TPSA) is 80.9 Å². The maximum Gasteiger partial charge on any atom is 0.434 e. The first-order chi connectivity index (χ1) is 9.40. The molecule has 116 valence electrons. The number of amides is 1. The number of nitrogens with two attached hydrogens (primary N) is 1. The van der Waals surface area contributed by atoms with Crippen molar-refractivity contribution in [3.05, 3.63) is 32.2 Å². The molecule has 3 N–H and O–H groups in total. The number of nitrogens with zero attached hydrogens (tertiary/aromatic N) is 2. The molecule has 0 saturated heterocycles. The largest absolute Gasteiger partial charge is 0.434 e. The lowest BCUT2D eigenvalue weighted by atomic mass is 10.4. The number of halogens is 4. The zero-order valence-electron chi connectivity index (χ0n) is 10.3. The van der Waals surface area contributed by atoms with Crippen LogP contribution in [0.25, 0.3) is 0 Å². The summed E-state index contributed by atoms with van der Waals surface area (Å²) < 4.78 is 37.0. The first-order valence-electron chi connectivity index (χ1n) is 5.34. The highest BCUT2D eigenvalue weighted by Gasteiger charge is 2.33. The third-order valence-electron chi connectivity index (χ3n) is 2.20. The van der Waals surface area contributed by atoms with Crippen LogP contribution in [0.2, 0.25) is 0 Å². The number of rotatable bonds is 4. The summed E-state index contributed by atoms with van der Waals surface area (Å²) in [6, 6.07) is 0. The number of hydrogen-bond acceptors (Lipinski definition) is 6. The summed E-state index contributed by atoms with van der Waals surface area (Å²) in [5, 5.41) is 5.71. The van der Waals surface area contributed by atoms with Gasteiger partial charge < -0.3 is 11.1 Å². The molecular weight excluding hydrogens is 349 g/mol. The smallest absolute Gasteiger partial charge is 0.344 e. The maximum atomic E-state index is 12.3. The Morgan fingerprint density at radius 2 is 1.90 bits per heavy atom. The van der Waals surface area contributed by atoms with Crippen molar-refractivity contribution in [2.45, 2.75) is 19.3 Å². The van der Waals surface area contributed by atoms with E-state index in [1.54, 1.807) is 5.38 Å². The van der Waals surface area contributed by atoms with Crippen molar-refractivity contribution in [2.24, 2.45) is 5.73 Å². The molecule has 0 spiro atoms. The monoisotopic (exact) mass is 358 g/mol. The van der Waals surface area contributed by atoms with Gasteiger partial charge in [-0.05, 0) is 0 Å². The van der Waals surface area contributed by atoms with Crippen LogP contribution in [0, 0.1) is 0 Å². The van der Waals surface area contributed by atoms with Crippen LogP contribution in [0.1, 0.15) is 26.2 Å². The molecule has 0 radical (unpaired) electrons. The number of alkyl halides is 3. The average Bonchev–Trinajstić information content (AvgIpc) is 3.04. The van der Waals surface area contributed by atoms with Gasteiger partial charge in [0.1, 0.15) is 15.7 Å². The quantitative estimate of drug-likeness (QED) is 0.879. The highest BCUT2D eigenvalue weighted by atomic mass is 35.5. The average molecular weight is 359 g/mol. The summed E-state index contributed by atoms with van der Waals surface area (Å²) in [6.07, 6.45) is -4.47. The van der Waals surface area contributed by atoms with Crippen LogP contribution < -0.4 is 11.1 Å². The zero-order valence-corrected chi connectivity index (χ0v) is 12.8. The molecule has 2 aromatic heterocycles. The van der Waals surface area contributed by atoms with Gasteiger partial charge in [0.15, 0.2) is 5.69 Å². The molecule has 21 heavy (non-hydrogen) atoms. The predicted octanol–water partition coefficient (Wildman–Crippen LogP) is 2.43. The lowest BCUT2D eigenvalue weighted by molar-refractivity contribution is -0.140. The molecule has 2 rings (SSSR count). The Bertz CT molecular complexity index is 613. The first kappa shape index (κ1) is 17.8. The SMILES string of the molecule is Cl.NCc1nc(C(=O)NCc2nc(C(F)(F)F)cs2)cs1. The van der Waals surface area contributed by atoms with Gasteiger partial charge in [0, 0.05) is 17.3 Å². The second kappa shape index (κ2) is 7.16. The molecule has 0 fully saturated rings. The molecule has 0 aromatic carbocycles. The molecule has 0 bridgehead atoms. The van der Waals surface area contributed by atoms with Crippen molar-refractivity contribution in [2.75, 3.05) is 0 Å². The fourth-order valence-electron chi connectivity index (χ4n) is 1.28. The Morgan fingerprint density at radius 3 is 2.43 bits per heavy atom. The summed E-state index contributed by atoms with van der Waals surface area (Å²) in [5.74, 6) is -0.468. The first-order valence-corrected chi connectivity index (χ1v) is 7.10. The van der Waals surface area contributed by atoms with E-state index in [9.17, 15) is 18.0 Å². The van der Waals surface area contributed by atoms with E-state index in [0.29, 0.717) is 5.01 Å². The number of thiazole rings is 2. The molecule has 1 amide bonds. The van der Waals surface area contributed by atoms with Gasteiger partial charge in [-0.1, -0.05) is 0 Å². The van der Waals surface area contributed by atoms with Gasteiger partial charge >= 0.3 is 6.18 Å². The second-order valence-corrected chi connectivity index (χ2v) is 5.52. The van der Waals surface area contributed by atoms with E-state index in [2.05, 4.69) is 15.3 Å². The van der Waals surface area contributed by atoms with Crippen molar-refractivity contribution in [1.82, 2.24) is 15.3 Å². The molecule has 0 unspecified atom stereocenters. The summed E-state index contributed by atoms with van der Waals surface area (Å²) >= 11 is 2.09. The summed E-state index contributed by atoms with van der Waals surface area (Å²) in [4.78, 5) is 19.1. The van der Waals surface area contributed by atoms with Crippen LogP contribution in [0.5, 0.6) is 0 Å². The van der Waals surface area contributed by atoms with E-state index in [4.69, 9.17) is 5.73 Å². The van der Waals surface area contributed by atoms with Crippen molar-refractivity contribution in [3.63, 3.8) is 0 Å². The van der Waals surface area contributed by atoms with Gasteiger partial charge in [-0.15, -0.1) is 35.1 Å². The van der Waals surface area contributed by atoms with Gasteiger partial charge in [0.25, 0.3) is 5.91 Å². The van der Waals surface area contributed by atoms with Crippen LogP contribution in [0.4, 0.5) is 13.2 Å².